The molecule has 1 aliphatic rings. The molecule has 0 spiro atoms. The summed E-state index contributed by atoms with van der Waals surface area (Å²) >= 11 is 0. The molecule has 2 heteroatoms. The van der Waals surface area contributed by atoms with Gasteiger partial charge in [0.25, 0.3) is 0 Å². The SMILES string of the molecule is CCC(CNC(=O)C1(C)CCCC1)c1ccccc1. The molecule has 0 radical (unpaired) electrons. The lowest BCUT2D eigenvalue weighted by Gasteiger charge is -2.24. The van der Waals surface area contributed by atoms with Crippen LogP contribution in [-0.2, 0) is 4.79 Å². The van der Waals surface area contributed by atoms with E-state index >= 15 is 0 Å². The monoisotopic (exact) mass is 259 g/mol. The number of hydrogen-bond donors (Lipinski definition) is 1. The first-order valence-electron chi connectivity index (χ1n) is 7.49. The van der Waals surface area contributed by atoms with Crippen molar-refractivity contribution >= 4 is 5.91 Å². The van der Waals surface area contributed by atoms with Gasteiger partial charge in [0.1, 0.15) is 0 Å². The normalized spacial score (nSPS) is 19.1. The van der Waals surface area contributed by atoms with Crippen LogP contribution < -0.4 is 5.32 Å². The lowest BCUT2D eigenvalue weighted by molar-refractivity contribution is -0.129. The Morgan fingerprint density at radius 3 is 2.47 bits per heavy atom. The molecule has 0 bridgehead atoms. The summed E-state index contributed by atoms with van der Waals surface area (Å²) in [6, 6.07) is 10.5. The Bertz CT molecular complexity index is 407. The van der Waals surface area contributed by atoms with Crippen LogP contribution in [0.2, 0.25) is 0 Å². The zero-order chi connectivity index (χ0) is 13.7. The Morgan fingerprint density at radius 1 is 1.26 bits per heavy atom. The molecule has 2 rings (SSSR count). The zero-order valence-corrected chi connectivity index (χ0v) is 12.1. The molecule has 1 atom stereocenters. The Morgan fingerprint density at radius 2 is 1.89 bits per heavy atom. The zero-order valence-electron chi connectivity index (χ0n) is 12.1. The minimum atomic E-state index is -0.116. The van der Waals surface area contributed by atoms with Gasteiger partial charge in [-0.3, -0.25) is 4.79 Å². The van der Waals surface area contributed by atoms with E-state index in [1.165, 1.54) is 18.4 Å². The van der Waals surface area contributed by atoms with Crippen LogP contribution in [0.25, 0.3) is 0 Å². The largest absolute Gasteiger partial charge is 0.355 e. The van der Waals surface area contributed by atoms with Crippen LogP contribution in [-0.4, -0.2) is 12.5 Å². The summed E-state index contributed by atoms with van der Waals surface area (Å²) in [5.41, 5.74) is 1.21. The number of amides is 1. The van der Waals surface area contributed by atoms with Crippen molar-refractivity contribution in [2.45, 2.75) is 51.9 Å². The summed E-state index contributed by atoms with van der Waals surface area (Å²) in [7, 11) is 0. The van der Waals surface area contributed by atoms with Crippen LogP contribution in [0, 0.1) is 5.41 Å². The third-order valence-electron chi connectivity index (χ3n) is 4.53. The van der Waals surface area contributed by atoms with Crippen LogP contribution in [0.1, 0.15) is 57.4 Å². The molecule has 1 aliphatic carbocycles. The van der Waals surface area contributed by atoms with E-state index in [4.69, 9.17) is 0 Å². The first kappa shape index (κ1) is 14.1. The van der Waals surface area contributed by atoms with E-state index in [0.29, 0.717) is 5.92 Å². The molecule has 1 saturated carbocycles. The molecule has 104 valence electrons. The number of nitrogens with one attached hydrogen (secondary N) is 1. The first-order valence-corrected chi connectivity index (χ1v) is 7.49. The third kappa shape index (κ3) is 3.37. The van der Waals surface area contributed by atoms with Gasteiger partial charge in [-0.2, -0.15) is 0 Å². The molecule has 1 aromatic rings. The average molecular weight is 259 g/mol. The molecule has 0 saturated heterocycles. The van der Waals surface area contributed by atoms with Gasteiger partial charge in [0.2, 0.25) is 5.91 Å². The lowest BCUT2D eigenvalue weighted by atomic mass is 9.87. The van der Waals surface area contributed by atoms with Crippen molar-refractivity contribution in [1.82, 2.24) is 5.32 Å². The lowest BCUT2D eigenvalue weighted by Crippen LogP contribution is -2.39. The molecule has 1 amide bonds. The number of rotatable bonds is 5. The van der Waals surface area contributed by atoms with Crippen molar-refractivity contribution in [1.29, 1.82) is 0 Å². The standard InChI is InChI=1S/C17H25NO/c1-3-14(15-9-5-4-6-10-15)13-18-16(19)17(2)11-7-8-12-17/h4-6,9-10,14H,3,7-8,11-13H2,1-2H3,(H,18,19). The summed E-state index contributed by atoms with van der Waals surface area (Å²) in [5, 5.41) is 3.18. The van der Waals surface area contributed by atoms with Crippen molar-refractivity contribution in [2.75, 3.05) is 6.54 Å². The van der Waals surface area contributed by atoms with E-state index in [0.717, 1.165) is 25.8 Å². The average Bonchev–Trinajstić information content (AvgIpc) is 2.89. The number of carbonyl (C=O) groups is 1. The summed E-state index contributed by atoms with van der Waals surface area (Å²) in [5.74, 6) is 0.675. The molecule has 1 aromatic carbocycles. The highest BCUT2D eigenvalue weighted by atomic mass is 16.2. The van der Waals surface area contributed by atoms with Crippen LogP contribution >= 0.6 is 0 Å². The quantitative estimate of drug-likeness (QED) is 0.854. The maximum atomic E-state index is 12.3. The second kappa shape index (κ2) is 6.23. The van der Waals surface area contributed by atoms with Crippen molar-refractivity contribution in [3.05, 3.63) is 35.9 Å². The van der Waals surface area contributed by atoms with Crippen molar-refractivity contribution in [3.8, 4) is 0 Å². The van der Waals surface area contributed by atoms with E-state index in [2.05, 4.69) is 43.4 Å². The first-order chi connectivity index (χ1) is 9.15. The molecule has 0 aromatic heterocycles. The molecule has 1 N–H and O–H groups in total. The van der Waals surface area contributed by atoms with Gasteiger partial charge in [-0.05, 0) is 24.8 Å². The van der Waals surface area contributed by atoms with E-state index in [-0.39, 0.29) is 11.3 Å². The van der Waals surface area contributed by atoms with Gasteiger partial charge in [-0.25, -0.2) is 0 Å². The molecular weight excluding hydrogens is 234 g/mol. The Hall–Kier alpha value is -1.31. The van der Waals surface area contributed by atoms with Gasteiger partial charge in [0.05, 0.1) is 0 Å². The maximum absolute atomic E-state index is 12.3. The molecule has 19 heavy (non-hydrogen) atoms. The summed E-state index contributed by atoms with van der Waals surface area (Å²) in [6.07, 6.45) is 5.53. The Balaban J connectivity index is 1.92. The van der Waals surface area contributed by atoms with Crippen LogP contribution in [0.5, 0.6) is 0 Å². The molecular formula is C17H25NO. The second-order valence-corrected chi connectivity index (χ2v) is 5.99. The van der Waals surface area contributed by atoms with E-state index in [1.807, 2.05) is 6.07 Å². The Labute approximate surface area is 116 Å². The molecule has 0 heterocycles. The number of benzene rings is 1. The summed E-state index contributed by atoms with van der Waals surface area (Å²) in [6.45, 7) is 5.05. The molecule has 1 unspecified atom stereocenters. The molecule has 0 aliphatic heterocycles. The topological polar surface area (TPSA) is 29.1 Å². The van der Waals surface area contributed by atoms with Gasteiger partial charge in [0.15, 0.2) is 0 Å². The predicted octanol–water partition coefficient (Wildman–Crippen LogP) is 3.88. The van der Waals surface area contributed by atoms with Gasteiger partial charge >= 0.3 is 0 Å². The number of hydrogen-bond acceptors (Lipinski definition) is 1. The second-order valence-electron chi connectivity index (χ2n) is 5.99. The number of carbonyl (C=O) groups excluding carboxylic acids is 1. The van der Waals surface area contributed by atoms with Gasteiger partial charge in [-0.1, -0.05) is 57.0 Å². The summed E-state index contributed by atoms with van der Waals surface area (Å²) in [4.78, 5) is 12.3. The van der Waals surface area contributed by atoms with Crippen LogP contribution in [0.3, 0.4) is 0 Å². The van der Waals surface area contributed by atoms with Gasteiger partial charge < -0.3 is 5.32 Å². The van der Waals surface area contributed by atoms with Crippen molar-refractivity contribution in [2.24, 2.45) is 5.41 Å². The highest BCUT2D eigenvalue weighted by molar-refractivity contribution is 5.82. The van der Waals surface area contributed by atoms with Gasteiger partial charge in [-0.15, -0.1) is 0 Å². The fourth-order valence-corrected chi connectivity index (χ4v) is 3.03. The van der Waals surface area contributed by atoms with E-state index in [1.54, 1.807) is 0 Å². The summed E-state index contributed by atoms with van der Waals surface area (Å²) < 4.78 is 0. The van der Waals surface area contributed by atoms with Crippen molar-refractivity contribution in [3.63, 3.8) is 0 Å². The predicted molar refractivity (Wildman–Crippen MR) is 79.1 cm³/mol. The Kier molecular flexibility index (Phi) is 4.62. The van der Waals surface area contributed by atoms with Crippen molar-refractivity contribution < 1.29 is 4.79 Å². The van der Waals surface area contributed by atoms with Crippen LogP contribution in [0.4, 0.5) is 0 Å². The molecule has 2 nitrogen and oxygen atoms in total. The maximum Gasteiger partial charge on any atom is 0.225 e. The van der Waals surface area contributed by atoms with Gasteiger partial charge in [0, 0.05) is 17.9 Å². The fourth-order valence-electron chi connectivity index (χ4n) is 3.03. The highest BCUT2D eigenvalue weighted by Gasteiger charge is 2.36. The van der Waals surface area contributed by atoms with E-state index < -0.39 is 0 Å². The minimum Gasteiger partial charge on any atom is -0.355 e. The smallest absolute Gasteiger partial charge is 0.225 e. The third-order valence-corrected chi connectivity index (χ3v) is 4.53. The highest BCUT2D eigenvalue weighted by Crippen LogP contribution is 2.37. The fraction of sp³-hybridized carbons (Fsp3) is 0.588. The molecule has 1 fully saturated rings. The van der Waals surface area contributed by atoms with Crippen LogP contribution in [0.15, 0.2) is 30.3 Å². The minimum absolute atomic E-state index is 0.116. The van der Waals surface area contributed by atoms with E-state index in [9.17, 15) is 4.79 Å².